The summed E-state index contributed by atoms with van der Waals surface area (Å²) in [5.74, 6) is 2.38. The number of aryl methyl sites for hydroxylation is 2. The van der Waals surface area contributed by atoms with E-state index in [-0.39, 0.29) is 11.9 Å². The Bertz CT molecular complexity index is 718. The molecule has 1 aliphatic carbocycles. The smallest absolute Gasteiger partial charge is 0.277 e. The Labute approximate surface area is 134 Å². The highest BCUT2D eigenvalue weighted by atomic mass is 16.5. The lowest BCUT2D eigenvalue weighted by atomic mass is 9.96. The van der Waals surface area contributed by atoms with Crippen LogP contribution in [0.5, 0.6) is 0 Å². The molecule has 0 spiro atoms. The van der Waals surface area contributed by atoms with Crippen molar-refractivity contribution in [2.45, 2.75) is 38.6 Å². The van der Waals surface area contributed by atoms with Gasteiger partial charge in [0.15, 0.2) is 5.69 Å². The van der Waals surface area contributed by atoms with E-state index in [2.05, 4.69) is 5.16 Å². The fraction of sp³-hybridized carbons (Fsp3) is 0.529. The van der Waals surface area contributed by atoms with Crippen molar-refractivity contribution in [3.05, 3.63) is 40.7 Å². The Morgan fingerprint density at radius 1 is 1.30 bits per heavy atom. The number of furan rings is 1. The second-order valence-electron chi connectivity index (χ2n) is 6.18. The first-order valence-corrected chi connectivity index (χ1v) is 8.16. The van der Waals surface area contributed by atoms with Gasteiger partial charge in [0.05, 0.1) is 13.2 Å². The molecule has 0 aromatic carbocycles. The fourth-order valence-corrected chi connectivity index (χ4v) is 3.40. The van der Waals surface area contributed by atoms with Crippen LogP contribution in [0.25, 0.3) is 0 Å². The minimum Gasteiger partial charge on any atom is -0.464 e. The third kappa shape index (κ3) is 2.57. The summed E-state index contributed by atoms with van der Waals surface area (Å²) in [5.41, 5.74) is 1.46. The van der Waals surface area contributed by atoms with Gasteiger partial charge in [-0.05, 0) is 38.3 Å². The number of aromatic nitrogens is 1. The summed E-state index contributed by atoms with van der Waals surface area (Å²) in [6.45, 7) is 3.40. The standard InChI is InChI=1S/C17H20N2O4/c1-11-6-7-15(22-11)13-10-21-9-8-19(13)17(20)16-12-4-2-3-5-14(12)23-18-16/h6-7,13H,2-5,8-10H2,1H3/t13-/m0/s1. The van der Waals surface area contributed by atoms with Crippen molar-refractivity contribution in [3.63, 3.8) is 0 Å². The van der Waals surface area contributed by atoms with Crippen LogP contribution in [0.3, 0.4) is 0 Å². The molecule has 4 rings (SSSR count). The second-order valence-corrected chi connectivity index (χ2v) is 6.18. The molecule has 0 unspecified atom stereocenters. The normalized spacial score (nSPS) is 21.3. The number of hydrogen-bond acceptors (Lipinski definition) is 5. The highest BCUT2D eigenvalue weighted by Crippen LogP contribution is 2.30. The molecule has 0 N–H and O–H groups in total. The number of amides is 1. The second kappa shape index (κ2) is 5.85. The molecule has 2 aliphatic rings. The largest absolute Gasteiger partial charge is 0.464 e. The van der Waals surface area contributed by atoms with Gasteiger partial charge in [-0.25, -0.2) is 0 Å². The number of rotatable bonds is 2. The maximum atomic E-state index is 13.0. The monoisotopic (exact) mass is 316 g/mol. The van der Waals surface area contributed by atoms with Crippen molar-refractivity contribution in [2.75, 3.05) is 19.8 Å². The Kier molecular flexibility index (Phi) is 3.69. The van der Waals surface area contributed by atoms with Gasteiger partial charge >= 0.3 is 0 Å². The van der Waals surface area contributed by atoms with Gasteiger partial charge in [-0.3, -0.25) is 4.79 Å². The maximum absolute atomic E-state index is 13.0. The topological polar surface area (TPSA) is 68.7 Å². The number of morpholine rings is 1. The third-order valence-electron chi connectivity index (χ3n) is 4.63. The summed E-state index contributed by atoms with van der Waals surface area (Å²) >= 11 is 0. The van der Waals surface area contributed by atoms with Crippen molar-refractivity contribution in [3.8, 4) is 0 Å². The van der Waals surface area contributed by atoms with E-state index in [1.165, 1.54) is 0 Å². The van der Waals surface area contributed by atoms with Crippen molar-refractivity contribution in [1.82, 2.24) is 10.1 Å². The molecule has 0 saturated carbocycles. The SMILES string of the molecule is Cc1ccc([C@@H]2COCCN2C(=O)c2noc3c2CCCC3)o1. The van der Waals surface area contributed by atoms with Crippen LogP contribution in [0.15, 0.2) is 21.1 Å². The zero-order valence-corrected chi connectivity index (χ0v) is 13.2. The van der Waals surface area contributed by atoms with Crippen molar-refractivity contribution in [2.24, 2.45) is 0 Å². The predicted molar refractivity (Wildman–Crippen MR) is 81.2 cm³/mol. The van der Waals surface area contributed by atoms with E-state index >= 15 is 0 Å². The Morgan fingerprint density at radius 3 is 3.00 bits per heavy atom. The Balaban J connectivity index is 1.64. The molecule has 6 nitrogen and oxygen atoms in total. The van der Waals surface area contributed by atoms with E-state index < -0.39 is 0 Å². The molecule has 23 heavy (non-hydrogen) atoms. The summed E-state index contributed by atoms with van der Waals surface area (Å²) in [5, 5.41) is 4.07. The quantitative estimate of drug-likeness (QED) is 0.852. The van der Waals surface area contributed by atoms with Crippen LogP contribution in [0.2, 0.25) is 0 Å². The first-order chi connectivity index (χ1) is 11.2. The van der Waals surface area contributed by atoms with E-state index in [0.717, 1.165) is 48.5 Å². The molecular formula is C17H20N2O4. The fourth-order valence-electron chi connectivity index (χ4n) is 3.40. The molecule has 1 amide bonds. The van der Waals surface area contributed by atoms with Gasteiger partial charge in [-0.15, -0.1) is 0 Å². The van der Waals surface area contributed by atoms with E-state index in [1.807, 2.05) is 19.1 Å². The van der Waals surface area contributed by atoms with Gasteiger partial charge in [-0.1, -0.05) is 5.16 Å². The number of carbonyl (C=O) groups is 1. The zero-order chi connectivity index (χ0) is 15.8. The molecule has 0 radical (unpaired) electrons. The first kappa shape index (κ1) is 14.5. The van der Waals surface area contributed by atoms with Crippen molar-refractivity contribution in [1.29, 1.82) is 0 Å². The van der Waals surface area contributed by atoms with Crippen LogP contribution in [-0.4, -0.2) is 35.7 Å². The molecule has 6 heteroatoms. The van der Waals surface area contributed by atoms with E-state index in [9.17, 15) is 4.79 Å². The van der Waals surface area contributed by atoms with Gasteiger partial charge in [0.1, 0.15) is 23.3 Å². The molecule has 2 aromatic rings. The lowest BCUT2D eigenvalue weighted by Crippen LogP contribution is -2.43. The van der Waals surface area contributed by atoms with Gasteiger partial charge in [0, 0.05) is 18.5 Å². The van der Waals surface area contributed by atoms with E-state index in [1.54, 1.807) is 4.90 Å². The number of hydrogen-bond donors (Lipinski definition) is 0. The highest BCUT2D eigenvalue weighted by Gasteiger charge is 2.35. The molecule has 0 bridgehead atoms. The minimum atomic E-state index is -0.208. The number of carbonyl (C=O) groups excluding carboxylic acids is 1. The molecule has 1 saturated heterocycles. The van der Waals surface area contributed by atoms with Crippen LogP contribution in [-0.2, 0) is 17.6 Å². The molecular weight excluding hydrogens is 296 g/mol. The van der Waals surface area contributed by atoms with Gasteiger partial charge < -0.3 is 18.6 Å². The lowest BCUT2D eigenvalue weighted by Gasteiger charge is -2.34. The number of nitrogens with zero attached hydrogens (tertiary/aromatic N) is 2. The Hall–Kier alpha value is -2.08. The summed E-state index contributed by atoms with van der Waals surface area (Å²) < 4.78 is 16.7. The van der Waals surface area contributed by atoms with Gasteiger partial charge in [0.25, 0.3) is 5.91 Å². The molecule has 1 atom stereocenters. The molecule has 1 aliphatic heterocycles. The average Bonchev–Trinajstić information content (AvgIpc) is 3.20. The Morgan fingerprint density at radius 2 is 2.17 bits per heavy atom. The van der Waals surface area contributed by atoms with Crippen LogP contribution in [0.4, 0.5) is 0 Å². The van der Waals surface area contributed by atoms with Crippen molar-refractivity contribution >= 4 is 5.91 Å². The molecule has 3 heterocycles. The predicted octanol–water partition coefficient (Wildman–Crippen LogP) is 2.67. The van der Waals surface area contributed by atoms with Gasteiger partial charge in [0.2, 0.25) is 0 Å². The van der Waals surface area contributed by atoms with Crippen molar-refractivity contribution < 1.29 is 18.5 Å². The third-order valence-corrected chi connectivity index (χ3v) is 4.63. The van der Waals surface area contributed by atoms with Crippen LogP contribution in [0.1, 0.15) is 52.2 Å². The zero-order valence-electron chi connectivity index (χ0n) is 13.2. The van der Waals surface area contributed by atoms with Crippen LogP contribution < -0.4 is 0 Å². The highest BCUT2D eigenvalue weighted by molar-refractivity contribution is 5.94. The van der Waals surface area contributed by atoms with Crippen LogP contribution in [0, 0.1) is 6.92 Å². The average molecular weight is 316 g/mol. The van der Waals surface area contributed by atoms with E-state index in [0.29, 0.717) is 25.5 Å². The molecule has 2 aromatic heterocycles. The minimum absolute atomic E-state index is 0.0840. The number of ether oxygens (including phenoxy) is 1. The van der Waals surface area contributed by atoms with Gasteiger partial charge in [-0.2, -0.15) is 0 Å². The summed E-state index contributed by atoms with van der Waals surface area (Å²) in [7, 11) is 0. The lowest BCUT2D eigenvalue weighted by molar-refractivity contribution is -0.00947. The van der Waals surface area contributed by atoms with Crippen LogP contribution >= 0.6 is 0 Å². The summed E-state index contributed by atoms with van der Waals surface area (Å²) in [6.07, 6.45) is 3.92. The molecule has 1 fully saturated rings. The summed E-state index contributed by atoms with van der Waals surface area (Å²) in [4.78, 5) is 14.8. The molecule has 122 valence electrons. The summed E-state index contributed by atoms with van der Waals surface area (Å²) in [6, 6.07) is 3.61. The first-order valence-electron chi connectivity index (χ1n) is 8.16. The number of fused-ring (bicyclic) bond motifs is 1. The maximum Gasteiger partial charge on any atom is 0.277 e. The van der Waals surface area contributed by atoms with E-state index in [4.69, 9.17) is 13.7 Å².